The maximum absolute atomic E-state index is 8.69. The van der Waals surface area contributed by atoms with E-state index in [-0.39, 0.29) is 12.6 Å². The number of rotatable bonds is 4. The second-order valence-electron chi connectivity index (χ2n) is 2.97. The third-order valence-corrected chi connectivity index (χ3v) is 1.88. The van der Waals surface area contributed by atoms with Crippen LogP contribution in [-0.2, 0) is 6.42 Å². The highest BCUT2D eigenvalue weighted by atomic mass is 16.3. The summed E-state index contributed by atoms with van der Waals surface area (Å²) in [6.45, 7) is 0.0762. The second-order valence-corrected chi connectivity index (χ2v) is 2.97. The van der Waals surface area contributed by atoms with Crippen LogP contribution in [0, 0.1) is 12.8 Å². The standard InChI is InChI=1S/C10H15NO.C2H2/c11-10(8-12)7-6-9-4-2-1-3-5-9;1-2/h1-5,10,12H,6-8,11H2;1-2H. The summed E-state index contributed by atoms with van der Waals surface area (Å²) in [5.74, 6) is 0. The van der Waals surface area contributed by atoms with Crippen molar-refractivity contribution in [3.8, 4) is 12.8 Å². The molecule has 0 saturated carbocycles. The molecule has 0 aliphatic rings. The number of aliphatic hydroxyl groups excluding tert-OH is 1. The number of aliphatic hydroxyl groups is 1. The van der Waals surface area contributed by atoms with Gasteiger partial charge in [-0.1, -0.05) is 30.3 Å². The highest BCUT2D eigenvalue weighted by Gasteiger charge is 1.99. The Morgan fingerprint density at radius 2 is 1.79 bits per heavy atom. The number of nitrogens with two attached hydrogens (primary N) is 1. The fraction of sp³-hybridized carbons (Fsp3) is 0.333. The summed E-state index contributed by atoms with van der Waals surface area (Å²) in [7, 11) is 0. The molecule has 0 bridgehead atoms. The van der Waals surface area contributed by atoms with Gasteiger partial charge in [-0.3, -0.25) is 0 Å². The molecule has 0 aromatic heterocycles. The molecule has 1 atom stereocenters. The van der Waals surface area contributed by atoms with Gasteiger partial charge in [0.15, 0.2) is 0 Å². The van der Waals surface area contributed by atoms with E-state index >= 15 is 0 Å². The van der Waals surface area contributed by atoms with Crippen LogP contribution in [0.25, 0.3) is 0 Å². The number of hydrogen-bond acceptors (Lipinski definition) is 2. The van der Waals surface area contributed by atoms with E-state index in [9.17, 15) is 0 Å². The van der Waals surface area contributed by atoms with Gasteiger partial charge in [-0.25, -0.2) is 0 Å². The first kappa shape index (κ1) is 12.7. The van der Waals surface area contributed by atoms with E-state index in [2.05, 4.69) is 25.0 Å². The van der Waals surface area contributed by atoms with Gasteiger partial charge in [0, 0.05) is 6.04 Å². The van der Waals surface area contributed by atoms with Crippen LogP contribution in [0.4, 0.5) is 0 Å². The minimum absolute atomic E-state index is 0.0762. The SMILES string of the molecule is C#C.NC(CO)CCc1ccccc1. The van der Waals surface area contributed by atoms with E-state index in [0.29, 0.717) is 0 Å². The molecular formula is C12H17NO. The Morgan fingerprint density at radius 3 is 2.29 bits per heavy atom. The van der Waals surface area contributed by atoms with Crippen molar-refractivity contribution in [1.82, 2.24) is 0 Å². The van der Waals surface area contributed by atoms with E-state index in [0.717, 1.165) is 12.8 Å². The molecule has 0 aliphatic heterocycles. The van der Waals surface area contributed by atoms with Crippen molar-refractivity contribution in [3.63, 3.8) is 0 Å². The maximum atomic E-state index is 8.69. The quantitative estimate of drug-likeness (QED) is 0.702. The van der Waals surface area contributed by atoms with Gasteiger partial charge in [-0.2, -0.15) is 0 Å². The van der Waals surface area contributed by atoms with Crippen molar-refractivity contribution in [2.45, 2.75) is 18.9 Å². The van der Waals surface area contributed by atoms with Gasteiger partial charge in [0.25, 0.3) is 0 Å². The highest BCUT2D eigenvalue weighted by Crippen LogP contribution is 2.03. The first-order valence-electron chi connectivity index (χ1n) is 4.56. The summed E-state index contributed by atoms with van der Waals surface area (Å²) in [5.41, 5.74) is 6.85. The zero-order valence-electron chi connectivity index (χ0n) is 8.26. The minimum Gasteiger partial charge on any atom is -0.395 e. The molecule has 0 amide bonds. The van der Waals surface area contributed by atoms with Gasteiger partial charge in [0.2, 0.25) is 0 Å². The van der Waals surface area contributed by atoms with E-state index in [1.165, 1.54) is 5.56 Å². The summed E-state index contributed by atoms with van der Waals surface area (Å²) in [6, 6.07) is 10.1. The van der Waals surface area contributed by atoms with Crippen molar-refractivity contribution in [2.24, 2.45) is 5.73 Å². The smallest absolute Gasteiger partial charge is 0.0582 e. The van der Waals surface area contributed by atoms with E-state index < -0.39 is 0 Å². The van der Waals surface area contributed by atoms with Gasteiger partial charge in [0.1, 0.15) is 0 Å². The lowest BCUT2D eigenvalue weighted by Gasteiger charge is -2.06. The van der Waals surface area contributed by atoms with Crippen LogP contribution in [0.5, 0.6) is 0 Å². The summed E-state index contributed by atoms with van der Waals surface area (Å²) in [4.78, 5) is 0. The largest absolute Gasteiger partial charge is 0.395 e. The number of benzene rings is 1. The molecule has 0 radical (unpaired) electrons. The van der Waals surface area contributed by atoms with Crippen molar-refractivity contribution >= 4 is 0 Å². The number of aryl methyl sites for hydroxylation is 1. The summed E-state index contributed by atoms with van der Waals surface area (Å²) in [6.07, 6.45) is 9.79. The van der Waals surface area contributed by atoms with Gasteiger partial charge >= 0.3 is 0 Å². The zero-order chi connectivity index (χ0) is 10.8. The van der Waals surface area contributed by atoms with Gasteiger partial charge in [0.05, 0.1) is 6.61 Å². The molecule has 0 fully saturated rings. The van der Waals surface area contributed by atoms with Crippen molar-refractivity contribution in [2.75, 3.05) is 6.61 Å². The average molecular weight is 191 g/mol. The van der Waals surface area contributed by atoms with Gasteiger partial charge < -0.3 is 10.8 Å². The van der Waals surface area contributed by atoms with Crippen LogP contribution in [0.2, 0.25) is 0 Å². The molecule has 14 heavy (non-hydrogen) atoms. The molecule has 2 heteroatoms. The normalized spacial score (nSPS) is 11.1. The third kappa shape index (κ3) is 5.36. The summed E-state index contributed by atoms with van der Waals surface area (Å²) in [5, 5.41) is 8.69. The van der Waals surface area contributed by atoms with Crippen molar-refractivity contribution in [3.05, 3.63) is 35.9 Å². The van der Waals surface area contributed by atoms with Crippen molar-refractivity contribution in [1.29, 1.82) is 0 Å². The van der Waals surface area contributed by atoms with E-state index in [1.807, 2.05) is 18.2 Å². The first-order valence-corrected chi connectivity index (χ1v) is 4.56. The number of terminal acetylenes is 1. The fourth-order valence-electron chi connectivity index (χ4n) is 1.09. The molecule has 0 spiro atoms. The maximum Gasteiger partial charge on any atom is 0.0582 e. The molecule has 0 saturated heterocycles. The molecule has 0 aliphatic carbocycles. The Kier molecular flexibility index (Phi) is 7.53. The Labute approximate surface area is 85.8 Å². The summed E-state index contributed by atoms with van der Waals surface area (Å²) >= 11 is 0. The molecule has 1 aromatic rings. The van der Waals surface area contributed by atoms with Crippen LogP contribution < -0.4 is 5.73 Å². The number of hydrogen-bond donors (Lipinski definition) is 2. The molecule has 0 heterocycles. The molecule has 1 unspecified atom stereocenters. The van der Waals surface area contributed by atoms with Crippen molar-refractivity contribution < 1.29 is 5.11 Å². The average Bonchev–Trinajstić information content (AvgIpc) is 2.30. The molecular weight excluding hydrogens is 174 g/mol. The predicted molar refractivity (Wildman–Crippen MR) is 59.7 cm³/mol. The monoisotopic (exact) mass is 191 g/mol. The fourth-order valence-corrected chi connectivity index (χ4v) is 1.09. The molecule has 2 nitrogen and oxygen atoms in total. The molecule has 3 N–H and O–H groups in total. The molecule has 1 aromatic carbocycles. The van der Waals surface area contributed by atoms with Gasteiger partial charge in [-0.15, -0.1) is 12.8 Å². The zero-order valence-corrected chi connectivity index (χ0v) is 8.26. The molecule has 76 valence electrons. The van der Waals surface area contributed by atoms with Crippen LogP contribution in [0.1, 0.15) is 12.0 Å². The second kappa shape index (κ2) is 8.31. The predicted octanol–water partition coefficient (Wildman–Crippen LogP) is 1.19. The Hall–Kier alpha value is -1.30. The molecule has 1 rings (SSSR count). The lowest BCUT2D eigenvalue weighted by molar-refractivity contribution is 0.260. The van der Waals surface area contributed by atoms with Gasteiger partial charge in [-0.05, 0) is 18.4 Å². The lowest BCUT2D eigenvalue weighted by atomic mass is 10.1. The highest BCUT2D eigenvalue weighted by molar-refractivity contribution is 5.14. The Balaban J connectivity index is 0.000000791. The first-order chi connectivity index (χ1) is 6.83. The third-order valence-electron chi connectivity index (χ3n) is 1.88. The van der Waals surface area contributed by atoms with Crippen LogP contribution >= 0.6 is 0 Å². The van der Waals surface area contributed by atoms with Crippen LogP contribution in [0.3, 0.4) is 0 Å². The van der Waals surface area contributed by atoms with Crippen LogP contribution in [-0.4, -0.2) is 17.8 Å². The minimum atomic E-state index is -0.0785. The topological polar surface area (TPSA) is 46.2 Å². The summed E-state index contributed by atoms with van der Waals surface area (Å²) < 4.78 is 0. The van der Waals surface area contributed by atoms with Crippen LogP contribution in [0.15, 0.2) is 30.3 Å². The lowest BCUT2D eigenvalue weighted by Crippen LogP contribution is -2.24. The van der Waals surface area contributed by atoms with E-state index in [4.69, 9.17) is 10.8 Å². The Morgan fingerprint density at radius 1 is 1.21 bits per heavy atom. The van der Waals surface area contributed by atoms with E-state index in [1.54, 1.807) is 0 Å². The Bertz CT molecular complexity index is 243.